The van der Waals surface area contributed by atoms with Crippen LogP contribution in [-0.4, -0.2) is 34.1 Å². The van der Waals surface area contributed by atoms with Crippen molar-refractivity contribution in [3.8, 4) is 0 Å². The molecule has 1 fully saturated rings. The second kappa shape index (κ2) is 6.77. The molecule has 1 aromatic rings. The van der Waals surface area contributed by atoms with E-state index in [1.807, 2.05) is 12.1 Å². The molecular weight excluding hydrogens is 286 g/mol. The summed E-state index contributed by atoms with van der Waals surface area (Å²) in [5.74, 6) is 0.697. The van der Waals surface area contributed by atoms with Gasteiger partial charge in [-0.3, -0.25) is 0 Å². The highest BCUT2D eigenvalue weighted by Crippen LogP contribution is 2.28. The van der Waals surface area contributed by atoms with Crippen LogP contribution in [0.2, 0.25) is 0 Å². The van der Waals surface area contributed by atoms with Crippen LogP contribution < -0.4 is 15.4 Å². The molecule has 1 saturated heterocycles. The average Bonchev–Trinajstić information content (AvgIpc) is 2.47. The minimum absolute atomic E-state index is 0.308. The summed E-state index contributed by atoms with van der Waals surface area (Å²) >= 11 is 0. The van der Waals surface area contributed by atoms with Crippen LogP contribution in [0.3, 0.4) is 0 Å². The molecular formula is C15H25N3O2S. The summed E-state index contributed by atoms with van der Waals surface area (Å²) in [6.07, 6.45) is 2.24. The van der Waals surface area contributed by atoms with E-state index in [2.05, 4.69) is 16.5 Å². The van der Waals surface area contributed by atoms with Crippen LogP contribution in [0.1, 0.15) is 26.7 Å². The topological polar surface area (TPSA) is 75.4 Å². The van der Waals surface area contributed by atoms with E-state index in [-0.39, 0.29) is 0 Å². The van der Waals surface area contributed by atoms with Gasteiger partial charge in [0.15, 0.2) is 0 Å². The molecule has 0 radical (unpaired) electrons. The average molecular weight is 311 g/mol. The number of hydrogen-bond acceptors (Lipinski definition) is 4. The van der Waals surface area contributed by atoms with Gasteiger partial charge in [0, 0.05) is 31.4 Å². The molecule has 2 rings (SSSR count). The van der Waals surface area contributed by atoms with Crippen molar-refractivity contribution in [3.05, 3.63) is 24.3 Å². The van der Waals surface area contributed by atoms with E-state index in [1.165, 1.54) is 0 Å². The summed E-state index contributed by atoms with van der Waals surface area (Å²) in [6.45, 7) is 6.02. The number of nitrogens with one attached hydrogen (secondary N) is 1. The largest absolute Gasteiger partial charge is 0.367 e. The van der Waals surface area contributed by atoms with Crippen LogP contribution in [0.4, 0.5) is 5.69 Å². The van der Waals surface area contributed by atoms with Gasteiger partial charge in [0.2, 0.25) is 10.0 Å². The Hall–Kier alpha value is -1.11. The van der Waals surface area contributed by atoms with Crippen molar-refractivity contribution in [2.24, 2.45) is 11.7 Å². The Labute approximate surface area is 127 Å². The number of hydrogen-bond donors (Lipinski definition) is 2. The third-order valence-electron chi connectivity index (χ3n) is 4.06. The Bertz CT molecular complexity index is 557. The quantitative estimate of drug-likeness (QED) is 0.865. The monoisotopic (exact) mass is 311 g/mol. The Kier molecular flexibility index (Phi) is 5.24. The molecule has 0 aliphatic carbocycles. The molecule has 1 aliphatic heterocycles. The fourth-order valence-electron chi connectivity index (χ4n) is 2.91. The van der Waals surface area contributed by atoms with Crippen LogP contribution in [0.15, 0.2) is 29.2 Å². The molecule has 6 heteroatoms. The zero-order valence-electron chi connectivity index (χ0n) is 12.7. The summed E-state index contributed by atoms with van der Waals surface area (Å²) < 4.78 is 26.4. The summed E-state index contributed by atoms with van der Waals surface area (Å²) in [5, 5.41) is 0. The zero-order valence-corrected chi connectivity index (χ0v) is 13.6. The lowest BCUT2D eigenvalue weighted by Gasteiger charge is -2.39. The van der Waals surface area contributed by atoms with Crippen LogP contribution in [0.25, 0.3) is 0 Å². The van der Waals surface area contributed by atoms with E-state index < -0.39 is 10.0 Å². The number of benzene rings is 1. The zero-order chi connectivity index (χ0) is 15.5. The van der Waals surface area contributed by atoms with E-state index in [0.29, 0.717) is 29.9 Å². The van der Waals surface area contributed by atoms with Gasteiger partial charge in [0.25, 0.3) is 0 Å². The van der Waals surface area contributed by atoms with E-state index in [9.17, 15) is 8.42 Å². The standard InChI is InChI=1S/C15H25N3O2S/c1-3-17-21(19,20)15-6-4-13(5-7-15)18-9-8-12(2)10-14(18)11-16/h4-7,12,14,17H,3,8-11,16H2,1-2H3. The minimum Gasteiger partial charge on any atom is -0.367 e. The number of anilines is 1. The SMILES string of the molecule is CCNS(=O)(=O)c1ccc(N2CCC(C)CC2CN)cc1. The van der Waals surface area contributed by atoms with Crippen LogP contribution >= 0.6 is 0 Å². The molecule has 2 unspecified atom stereocenters. The molecule has 0 amide bonds. The first-order chi connectivity index (χ1) is 9.97. The Morgan fingerprint density at radius 2 is 2.00 bits per heavy atom. The first kappa shape index (κ1) is 16.3. The summed E-state index contributed by atoms with van der Waals surface area (Å²) in [4.78, 5) is 2.60. The Morgan fingerprint density at radius 3 is 2.57 bits per heavy atom. The second-order valence-electron chi connectivity index (χ2n) is 5.71. The smallest absolute Gasteiger partial charge is 0.240 e. The van der Waals surface area contributed by atoms with Crippen LogP contribution in [0, 0.1) is 5.92 Å². The first-order valence-corrected chi connectivity index (χ1v) is 9.02. The van der Waals surface area contributed by atoms with E-state index in [4.69, 9.17) is 5.73 Å². The molecule has 1 aromatic carbocycles. The predicted octanol–water partition coefficient (Wildman–Crippen LogP) is 1.55. The van der Waals surface area contributed by atoms with Crippen LogP contribution in [-0.2, 0) is 10.0 Å². The van der Waals surface area contributed by atoms with Crippen molar-refractivity contribution < 1.29 is 8.42 Å². The molecule has 1 aliphatic rings. The Balaban J connectivity index is 2.19. The van der Waals surface area contributed by atoms with E-state index in [1.54, 1.807) is 19.1 Å². The van der Waals surface area contributed by atoms with Crippen molar-refractivity contribution in [2.45, 2.75) is 37.6 Å². The van der Waals surface area contributed by atoms with Crippen molar-refractivity contribution in [1.82, 2.24) is 4.72 Å². The third kappa shape index (κ3) is 3.75. The van der Waals surface area contributed by atoms with Gasteiger partial charge in [-0.2, -0.15) is 0 Å². The number of rotatable bonds is 5. The Morgan fingerprint density at radius 1 is 1.33 bits per heavy atom. The fraction of sp³-hybridized carbons (Fsp3) is 0.600. The fourth-order valence-corrected chi connectivity index (χ4v) is 3.95. The molecule has 3 N–H and O–H groups in total. The van der Waals surface area contributed by atoms with Gasteiger partial charge in [0.1, 0.15) is 0 Å². The predicted molar refractivity (Wildman–Crippen MR) is 85.9 cm³/mol. The highest BCUT2D eigenvalue weighted by Gasteiger charge is 2.25. The van der Waals surface area contributed by atoms with Gasteiger partial charge >= 0.3 is 0 Å². The lowest BCUT2D eigenvalue weighted by atomic mass is 9.92. The number of nitrogens with zero attached hydrogens (tertiary/aromatic N) is 1. The molecule has 0 saturated carbocycles. The lowest BCUT2D eigenvalue weighted by Crippen LogP contribution is -2.46. The third-order valence-corrected chi connectivity index (χ3v) is 5.62. The van der Waals surface area contributed by atoms with Crippen molar-refractivity contribution in [1.29, 1.82) is 0 Å². The van der Waals surface area contributed by atoms with Crippen molar-refractivity contribution in [3.63, 3.8) is 0 Å². The maximum Gasteiger partial charge on any atom is 0.240 e. The van der Waals surface area contributed by atoms with Gasteiger partial charge in [0.05, 0.1) is 4.90 Å². The number of nitrogens with two attached hydrogens (primary N) is 1. The molecule has 118 valence electrons. The number of sulfonamides is 1. The summed E-state index contributed by atoms with van der Waals surface area (Å²) in [7, 11) is -3.38. The normalized spacial score (nSPS) is 23.3. The molecule has 0 spiro atoms. The molecule has 0 aromatic heterocycles. The van der Waals surface area contributed by atoms with Gasteiger partial charge in [-0.25, -0.2) is 13.1 Å². The number of piperidine rings is 1. The second-order valence-corrected chi connectivity index (χ2v) is 7.47. The van der Waals surface area contributed by atoms with Gasteiger partial charge in [-0.15, -0.1) is 0 Å². The van der Waals surface area contributed by atoms with Gasteiger partial charge < -0.3 is 10.6 Å². The van der Waals surface area contributed by atoms with Gasteiger partial charge in [-0.05, 0) is 43.0 Å². The summed E-state index contributed by atoms with van der Waals surface area (Å²) in [6, 6.07) is 7.42. The molecule has 5 nitrogen and oxygen atoms in total. The van der Waals surface area contributed by atoms with E-state index in [0.717, 1.165) is 25.1 Å². The molecule has 21 heavy (non-hydrogen) atoms. The highest BCUT2D eigenvalue weighted by atomic mass is 32.2. The van der Waals surface area contributed by atoms with Crippen LogP contribution in [0.5, 0.6) is 0 Å². The lowest BCUT2D eigenvalue weighted by molar-refractivity contribution is 0.367. The molecule has 2 atom stereocenters. The summed E-state index contributed by atoms with van der Waals surface area (Å²) in [5.41, 5.74) is 6.93. The molecule has 1 heterocycles. The minimum atomic E-state index is -3.38. The maximum absolute atomic E-state index is 11.9. The van der Waals surface area contributed by atoms with E-state index >= 15 is 0 Å². The van der Waals surface area contributed by atoms with Crippen molar-refractivity contribution in [2.75, 3.05) is 24.5 Å². The van der Waals surface area contributed by atoms with Crippen molar-refractivity contribution >= 4 is 15.7 Å². The maximum atomic E-state index is 11.9. The highest BCUT2D eigenvalue weighted by molar-refractivity contribution is 7.89. The molecule has 0 bridgehead atoms. The van der Waals surface area contributed by atoms with Gasteiger partial charge in [-0.1, -0.05) is 13.8 Å². The first-order valence-electron chi connectivity index (χ1n) is 7.54.